The van der Waals surface area contributed by atoms with E-state index >= 15 is 8.78 Å². The number of aromatic amines is 1. The van der Waals surface area contributed by atoms with Crippen LogP contribution in [0.4, 0.5) is 8.78 Å². The Hall–Kier alpha value is -2.68. The molecule has 0 bridgehead atoms. The molecule has 0 aliphatic carbocycles. The van der Waals surface area contributed by atoms with Crippen LogP contribution in [0.2, 0.25) is 18.1 Å². The van der Waals surface area contributed by atoms with Crippen LogP contribution >= 0.6 is 7.75 Å². The summed E-state index contributed by atoms with van der Waals surface area (Å²) in [7, 11) is -5.62. The summed E-state index contributed by atoms with van der Waals surface area (Å²) in [5, 5.41) is 2.23. The number of hydrogen-bond donors (Lipinski definition) is 2. The zero-order valence-corrected chi connectivity index (χ0v) is 26.9. The Bertz CT molecular complexity index is 1470. The lowest BCUT2D eigenvalue weighted by molar-refractivity contribution is -0.138. The first-order valence-corrected chi connectivity index (χ1v) is 18.4. The van der Waals surface area contributed by atoms with Crippen LogP contribution in [0.15, 0.2) is 52.2 Å². The van der Waals surface area contributed by atoms with Crippen LogP contribution in [-0.4, -0.2) is 73.0 Å². The molecule has 2 N–H and O–H groups in total. The third kappa shape index (κ3) is 7.35. The number of benzene rings is 1. The van der Waals surface area contributed by atoms with E-state index in [9.17, 15) is 18.9 Å². The highest BCUT2D eigenvalue weighted by molar-refractivity contribution is 7.52. The van der Waals surface area contributed by atoms with Gasteiger partial charge in [0.2, 0.25) is 12.1 Å². The van der Waals surface area contributed by atoms with Crippen molar-refractivity contribution in [2.45, 2.75) is 82.1 Å². The molecule has 2 fully saturated rings. The topological polar surface area (TPSA) is 141 Å². The fourth-order valence-corrected chi connectivity index (χ4v) is 7.42. The number of alkyl halides is 2. The monoisotopic (exact) mass is 644 g/mol. The molecule has 5 atom stereocenters. The van der Waals surface area contributed by atoms with Crippen molar-refractivity contribution in [3.8, 4) is 5.75 Å². The molecule has 3 unspecified atom stereocenters. The molecule has 0 saturated carbocycles. The minimum atomic E-state index is -4.37. The fraction of sp³-hybridized carbons (Fsp3) is 0.593. The van der Waals surface area contributed by atoms with Gasteiger partial charge in [-0.05, 0) is 43.1 Å². The van der Waals surface area contributed by atoms with Crippen LogP contribution in [-0.2, 0) is 23.0 Å². The number of carbonyl (C=O) groups is 1. The number of H-pyrrole nitrogens is 1. The van der Waals surface area contributed by atoms with Gasteiger partial charge in [-0.2, -0.15) is 13.9 Å². The van der Waals surface area contributed by atoms with Gasteiger partial charge in [0.05, 0.1) is 12.6 Å². The van der Waals surface area contributed by atoms with Gasteiger partial charge in [-0.15, -0.1) is 0 Å². The van der Waals surface area contributed by atoms with E-state index in [4.69, 9.17) is 18.2 Å². The number of ether oxygens (including phenoxy) is 1. The maximum absolute atomic E-state index is 16.1. The largest absolute Gasteiger partial charge is 0.459 e. The lowest BCUT2D eigenvalue weighted by atomic mass is 10.1. The van der Waals surface area contributed by atoms with Crippen LogP contribution in [0.5, 0.6) is 5.75 Å². The Morgan fingerprint density at radius 2 is 1.84 bits per heavy atom. The van der Waals surface area contributed by atoms with Gasteiger partial charge in [-0.3, -0.25) is 23.7 Å². The number of likely N-dealkylation sites (N-methyl/N-ethyl adjacent to an activating group) is 1. The van der Waals surface area contributed by atoms with Crippen molar-refractivity contribution in [2.24, 2.45) is 0 Å². The molecule has 0 spiro atoms. The number of aromatic nitrogens is 2. The molecule has 2 aliphatic heterocycles. The van der Waals surface area contributed by atoms with Gasteiger partial charge in [0.1, 0.15) is 18.0 Å². The van der Waals surface area contributed by atoms with Gasteiger partial charge < -0.3 is 18.6 Å². The summed E-state index contributed by atoms with van der Waals surface area (Å²) in [4.78, 5) is 40.3. The molecule has 2 aliphatic rings. The van der Waals surface area contributed by atoms with Crippen molar-refractivity contribution in [1.82, 2.24) is 19.5 Å². The Morgan fingerprint density at radius 1 is 1.16 bits per heavy atom. The first-order chi connectivity index (χ1) is 19.9. The highest BCUT2D eigenvalue weighted by atomic mass is 31.2. The van der Waals surface area contributed by atoms with Crippen LogP contribution in [0, 0.1) is 0 Å². The molecule has 3 heterocycles. The maximum Gasteiger partial charge on any atom is 0.459 e. The number of hydrogen-bond acceptors (Lipinski definition) is 8. The molecule has 1 aromatic heterocycles. The molecule has 1 amide bonds. The lowest BCUT2D eigenvalue weighted by Gasteiger charge is -2.40. The first-order valence-electron chi connectivity index (χ1n) is 14.0. The molecule has 1 aromatic carbocycles. The molecular formula is C27H39F2N4O8PSi. The lowest BCUT2D eigenvalue weighted by Crippen LogP contribution is -2.52. The molecular weight excluding hydrogens is 605 g/mol. The highest BCUT2D eigenvalue weighted by Crippen LogP contribution is 2.50. The number of carbonyl (C=O) groups excluding carboxylic acids is 1. The SMILES string of the molecule is CN1CCCC(NP(=O)(OCC2O[C@@H](n3ccc(=O)[nH]c3=O)C(F)(F)[C@@H]2O[Si](C)(C)C(C)(C)C)Oc2ccccc2)C1=O. The van der Waals surface area contributed by atoms with Gasteiger partial charge in [-0.1, -0.05) is 39.0 Å². The second kappa shape index (κ2) is 12.4. The zero-order chi connectivity index (χ0) is 31.8. The average Bonchev–Trinajstić information content (AvgIpc) is 3.14. The minimum absolute atomic E-state index is 0.166. The maximum atomic E-state index is 16.1. The molecule has 2 saturated heterocycles. The van der Waals surface area contributed by atoms with Crippen molar-refractivity contribution >= 4 is 22.0 Å². The normalized spacial score (nSPS) is 25.9. The van der Waals surface area contributed by atoms with Crippen LogP contribution in [0.25, 0.3) is 0 Å². The number of nitrogens with one attached hydrogen (secondary N) is 2. The summed E-state index contributed by atoms with van der Waals surface area (Å²) < 4.78 is 70.3. The summed E-state index contributed by atoms with van der Waals surface area (Å²) in [6.07, 6.45) is -3.67. The van der Waals surface area contributed by atoms with Crippen molar-refractivity contribution in [3.05, 3.63) is 63.4 Å². The number of para-hydroxylation sites is 1. The van der Waals surface area contributed by atoms with Gasteiger partial charge >= 0.3 is 19.4 Å². The summed E-state index contributed by atoms with van der Waals surface area (Å²) in [6.45, 7) is 9.06. The number of halogens is 2. The molecule has 0 radical (unpaired) electrons. The zero-order valence-electron chi connectivity index (χ0n) is 25.0. The molecule has 238 valence electrons. The Balaban J connectivity index is 1.67. The summed E-state index contributed by atoms with van der Waals surface area (Å²) in [5.74, 6) is -3.92. The number of likely N-dealkylation sites (tertiary alicyclic amines) is 1. The second-order valence-corrected chi connectivity index (χ2v) is 18.7. The Labute approximate surface area is 249 Å². The van der Waals surface area contributed by atoms with Crippen molar-refractivity contribution < 1.29 is 36.4 Å². The summed E-state index contributed by atoms with van der Waals surface area (Å²) in [5.41, 5.74) is -1.85. The van der Waals surface area contributed by atoms with Crippen molar-refractivity contribution in [2.75, 3.05) is 20.2 Å². The highest BCUT2D eigenvalue weighted by Gasteiger charge is 2.63. The van der Waals surface area contributed by atoms with E-state index in [0.717, 1.165) is 12.3 Å². The number of amides is 1. The van der Waals surface area contributed by atoms with Gasteiger partial charge in [0.15, 0.2) is 8.32 Å². The van der Waals surface area contributed by atoms with Crippen LogP contribution in [0.3, 0.4) is 0 Å². The molecule has 16 heteroatoms. The van der Waals surface area contributed by atoms with E-state index in [2.05, 4.69) is 5.09 Å². The molecule has 43 heavy (non-hydrogen) atoms. The van der Waals surface area contributed by atoms with E-state index in [1.165, 1.54) is 17.0 Å². The first kappa shape index (κ1) is 33.2. The van der Waals surface area contributed by atoms with Gasteiger partial charge in [0.25, 0.3) is 5.56 Å². The number of piperidine rings is 1. The summed E-state index contributed by atoms with van der Waals surface area (Å²) in [6, 6.07) is 8.13. The van der Waals surface area contributed by atoms with Gasteiger partial charge in [0, 0.05) is 25.9 Å². The van der Waals surface area contributed by atoms with Gasteiger partial charge in [-0.25, -0.2) is 9.36 Å². The Morgan fingerprint density at radius 3 is 2.47 bits per heavy atom. The van der Waals surface area contributed by atoms with E-state index in [1.54, 1.807) is 38.3 Å². The van der Waals surface area contributed by atoms with E-state index in [-0.39, 0.29) is 11.7 Å². The third-order valence-corrected chi connectivity index (χ3v) is 14.1. The third-order valence-electron chi connectivity index (χ3n) is 8.03. The molecule has 12 nitrogen and oxygen atoms in total. The van der Waals surface area contributed by atoms with E-state index in [1.807, 2.05) is 25.8 Å². The van der Waals surface area contributed by atoms with E-state index < -0.39 is 69.4 Å². The molecule has 4 rings (SSSR count). The standard InChI is InChI=1S/C27H39F2N4O8PSi/c1-26(2,3)43(5,6)41-22-20(39-24(27(22,28)29)33-16-14-21(34)30-25(33)36)17-38-42(37,40-18-11-8-7-9-12-18)31-19-13-10-15-32(4)23(19)35/h7-9,11-12,14,16,19-20,22,24H,10,13,15,17H2,1-6H3,(H,31,37)(H,30,34,36)/t19?,20?,22-,24-,42?/m1/s1. The fourth-order valence-electron chi connectivity index (χ4n) is 4.58. The van der Waals surface area contributed by atoms with Crippen molar-refractivity contribution in [1.29, 1.82) is 0 Å². The quantitative estimate of drug-likeness (QED) is 0.291. The van der Waals surface area contributed by atoms with Crippen LogP contribution < -0.4 is 20.9 Å². The van der Waals surface area contributed by atoms with E-state index in [0.29, 0.717) is 24.0 Å². The molecule has 2 aromatic rings. The van der Waals surface area contributed by atoms with Crippen LogP contribution in [0.1, 0.15) is 39.8 Å². The minimum Gasteiger partial charge on any atom is -0.413 e. The predicted molar refractivity (Wildman–Crippen MR) is 157 cm³/mol. The Kier molecular flexibility index (Phi) is 9.55. The summed E-state index contributed by atoms with van der Waals surface area (Å²) >= 11 is 0. The number of nitrogens with zero attached hydrogens (tertiary/aromatic N) is 2. The number of rotatable bonds is 10. The smallest absolute Gasteiger partial charge is 0.413 e. The van der Waals surface area contributed by atoms with Crippen molar-refractivity contribution in [3.63, 3.8) is 0 Å². The second-order valence-electron chi connectivity index (χ2n) is 12.3. The predicted octanol–water partition coefficient (Wildman–Crippen LogP) is 3.87. The average molecular weight is 645 g/mol.